The molecule has 1 atom stereocenters. The maximum Gasteiger partial charge on any atom is 0.320 e. The molecule has 1 unspecified atom stereocenters. The molecule has 11 heteroatoms. The average Bonchev–Trinajstić information content (AvgIpc) is 3.31. The van der Waals surface area contributed by atoms with E-state index in [2.05, 4.69) is 5.32 Å². The third kappa shape index (κ3) is 6.04. The number of esters is 1. The quantitative estimate of drug-likeness (QED) is 0.323. The van der Waals surface area contributed by atoms with Gasteiger partial charge in [0.05, 0.1) is 24.2 Å². The van der Waals surface area contributed by atoms with Crippen LogP contribution in [0.3, 0.4) is 0 Å². The second-order valence-corrected chi connectivity index (χ2v) is 13.2. The third-order valence-electron chi connectivity index (χ3n) is 6.61. The number of benzene rings is 2. The summed E-state index contributed by atoms with van der Waals surface area (Å²) in [6, 6.07) is 8.51. The van der Waals surface area contributed by atoms with E-state index in [4.69, 9.17) is 13.7 Å². The molecule has 2 aromatic rings. The lowest BCUT2D eigenvalue weighted by Gasteiger charge is -2.39. The Morgan fingerprint density at radius 1 is 1.21 bits per heavy atom. The Kier molecular flexibility index (Phi) is 8.22. The number of methoxy groups -OCH3 is 1. The van der Waals surface area contributed by atoms with Gasteiger partial charge in [0.25, 0.3) is 5.91 Å². The first-order chi connectivity index (χ1) is 18.4. The summed E-state index contributed by atoms with van der Waals surface area (Å²) >= 11 is 1.48. The predicted octanol–water partition coefficient (Wildman–Crippen LogP) is 5.10. The Morgan fingerprint density at radius 2 is 1.92 bits per heavy atom. The molecule has 0 radical (unpaired) electrons. The van der Waals surface area contributed by atoms with Crippen molar-refractivity contribution in [1.29, 1.82) is 0 Å². The van der Waals surface area contributed by atoms with Crippen molar-refractivity contribution in [1.82, 2.24) is 0 Å². The SMILES string of the molecule is CCCS(=O)(=O)Oc1ccc(-c2ccc3c(c2COC(=O)C2CC=C(C)S2)N(C)C(=O)C(C)(C)N3)c(OC)c1. The number of amides is 1. The minimum Gasteiger partial charge on any atom is -0.496 e. The van der Waals surface area contributed by atoms with E-state index in [0.717, 1.165) is 10.6 Å². The molecule has 39 heavy (non-hydrogen) atoms. The van der Waals surface area contributed by atoms with Crippen LogP contribution in [0.4, 0.5) is 11.4 Å². The number of rotatable bonds is 9. The first kappa shape index (κ1) is 28.8. The molecule has 0 spiro atoms. The molecule has 4 rings (SSSR count). The van der Waals surface area contributed by atoms with Crippen LogP contribution in [-0.4, -0.2) is 51.0 Å². The van der Waals surface area contributed by atoms with Gasteiger partial charge in [0, 0.05) is 24.2 Å². The molecule has 210 valence electrons. The summed E-state index contributed by atoms with van der Waals surface area (Å²) in [4.78, 5) is 28.8. The Morgan fingerprint density at radius 3 is 2.56 bits per heavy atom. The van der Waals surface area contributed by atoms with E-state index in [9.17, 15) is 18.0 Å². The molecule has 0 aromatic heterocycles. The lowest BCUT2D eigenvalue weighted by atomic mass is 9.92. The third-order valence-corrected chi connectivity index (χ3v) is 9.18. The van der Waals surface area contributed by atoms with Crippen LogP contribution < -0.4 is 19.1 Å². The smallest absolute Gasteiger partial charge is 0.320 e. The summed E-state index contributed by atoms with van der Waals surface area (Å²) in [6.07, 6.45) is 3.06. The van der Waals surface area contributed by atoms with E-state index >= 15 is 0 Å². The Balaban J connectivity index is 1.77. The first-order valence-electron chi connectivity index (χ1n) is 12.7. The fourth-order valence-electron chi connectivity index (χ4n) is 4.79. The zero-order valence-electron chi connectivity index (χ0n) is 23.0. The monoisotopic (exact) mass is 574 g/mol. The van der Waals surface area contributed by atoms with Crippen LogP contribution in [0.15, 0.2) is 41.3 Å². The summed E-state index contributed by atoms with van der Waals surface area (Å²) < 4.78 is 41.1. The highest BCUT2D eigenvalue weighted by molar-refractivity contribution is 8.04. The standard InChI is InChI=1S/C28H34N2O7S2/c1-7-14-39(33,34)37-18-9-10-20(23(15-18)35-6)19-11-12-22-25(30(5)27(32)28(3,4)29-22)21(19)16-36-26(31)24-13-8-17(2)38-24/h8-12,15,24,29H,7,13-14,16H2,1-6H3. The molecule has 0 saturated heterocycles. The molecule has 0 fully saturated rings. The molecule has 9 nitrogen and oxygen atoms in total. The number of carbonyl (C=O) groups excluding carboxylic acids is 2. The first-order valence-corrected chi connectivity index (χ1v) is 15.2. The molecular weight excluding hydrogens is 540 g/mol. The number of likely N-dealkylation sites (N-methyl/N-ethyl adjacent to an activating group) is 1. The van der Waals surface area contributed by atoms with E-state index in [1.165, 1.54) is 24.9 Å². The van der Waals surface area contributed by atoms with Crippen molar-refractivity contribution in [3.05, 3.63) is 46.9 Å². The molecular formula is C28H34N2O7S2. The normalized spacial score (nSPS) is 18.2. The maximum absolute atomic E-state index is 13.2. The fourth-order valence-corrected chi connectivity index (χ4v) is 6.77. The van der Waals surface area contributed by atoms with Crippen LogP contribution in [0.5, 0.6) is 11.5 Å². The summed E-state index contributed by atoms with van der Waals surface area (Å²) in [5.74, 6) is -0.0627. The second-order valence-electron chi connectivity index (χ2n) is 10.1. The topological polar surface area (TPSA) is 111 Å². The average molecular weight is 575 g/mol. The Hall–Kier alpha value is -3.18. The number of ether oxygens (including phenoxy) is 2. The van der Waals surface area contributed by atoms with Gasteiger partial charge >= 0.3 is 16.1 Å². The number of hydrogen-bond acceptors (Lipinski definition) is 9. The van der Waals surface area contributed by atoms with Crippen molar-refractivity contribution in [3.8, 4) is 22.6 Å². The van der Waals surface area contributed by atoms with Crippen molar-refractivity contribution < 1.29 is 31.7 Å². The van der Waals surface area contributed by atoms with Crippen molar-refractivity contribution in [2.45, 2.75) is 57.9 Å². The number of anilines is 2. The van der Waals surface area contributed by atoms with Gasteiger partial charge in [0.15, 0.2) is 0 Å². The Bertz CT molecular complexity index is 1430. The summed E-state index contributed by atoms with van der Waals surface area (Å²) in [7, 11) is -0.554. The minimum atomic E-state index is -3.73. The van der Waals surface area contributed by atoms with Crippen LogP contribution in [0.2, 0.25) is 0 Å². The maximum atomic E-state index is 13.2. The highest BCUT2D eigenvalue weighted by atomic mass is 32.2. The van der Waals surface area contributed by atoms with Gasteiger partial charge < -0.3 is 23.9 Å². The zero-order valence-corrected chi connectivity index (χ0v) is 24.6. The minimum absolute atomic E-state index is 0.0700. The number of fused-ring (bicyclic) bond motifs is 1. The van der Waals surface area contributed by atoms with Gasteiger partial charge in [-0.15, -0.1) is 11.8 Å². The van der Waals surface area contributed by atoms with Gasteiger partial charge in [-0.05, 0) is 62.3 Å². The van der Waals surface area contributed by atoms with E-state index < -0.39 is 15.7 Å². The number of nitrogens with one attached hydrogen (secondary N) is 1. The van der Waals surface area contributed by atoms with Gasteiger partial charge in [0.2, 0.25) is 0 Å². The van der Waals surface area contributed by atoms with Crippen molar-refractivity contribution in [3.63, 3.8) is 0 Å². The van der Waals surface area contributed by atoms with E-state index in [-0.39, 0.29) is 35.2 Å². The predicted molar refractivity (Wildman–Crippen MR) is 154 cm³/mol. The van der Waals surface area contributed by atoms with Gasteiger partial charge in [-0.3, -0.25) is 9.59 Å². The fraction of sp³-hybridized carbons (Fsp3) is 0.429. The molecule has 2 aliphatic heterocycles. The van der Waals surface area contributed by atoms with Crippen LogP contribution >= 0.6 is 11.8 Å². The largest absolute Gasteiger partial charge is 0.496 e. The lowest BCUT2D eigenvalue weighted by molar-refractivity contribution is -0.144. The lowest BCUT2D eigenvalue weighted by Crippen LogP contribution is -2.52. The molecule has 2 heterocycles. The van der Waals surface area contributed by atoms with E-state index in [1.54, 1.807) is 31.0 Å². The number of nitrogens with zero attached hydrogens (tertiary/aromatic N) is 1. The molecule has 1 amide bonds. The Labute approximate surface area is 234 Å². The molecule has 1 N–H and O–H groups in total. The number of carbonyl (C=O) groups is 2. The summed E-state index contributed by atoms with van der Waals surface area (Å²) in [5.41, 5.74) is 2.45. The van der Waals surface area contributed by atoms with Crippen LogP contribution in [0.1, 0.15) is 46.1 Å². The highest BCUT2D eigenvalue weighted by Gasteiger charge is 2.39. The van der Waals surface area contributed by atoms with Crippen LogP contribution in [-0.2, 0) is 31.1 Å². The molecule has 2 aliphatic rings. The van der Waals surface area contributed by atoms with Crippen molar-refractivity contribution >= 4 is 45.1 Å². The number of thioether (sulfide) groups is 1. The molecule has 0 bridgehead atoms. The van der Waals surface area contributed by atoms with Gasteiger partial charge in [-0.1, -0.05) is 19.1 Å². The summed E-state index contributed by atoms with van der Waals surface area (Å²) in [5, 5.41) is 2.99. The molecule has 2 aromatic carbocycles. The van der Waals surface area contributed by atoms with Crippen LogP contribution in [0, 0.1) is 0 Å². The van der Waals surface area contributed by atoms with E-state index in [0.29, 0.717) is 41.0 Å². The number of allylic oxidation sites excluding steroid dienone is 2. The zero-order chi connectivity index (χ0) is 28.5. The molecule has 0 saturated carbocycles. The van der Waals surface area contributed by atoms with Gasteiger partial charge in [-0.25, -0.2) is 0 Å². The highest BCUT2D eigenvalue weighted by Crippen LogP contribution is 2.45. The summed E-state index contributed by atoms with van der Waals surface area (Å²) in [6.45, 7) is 7.27. The van der Waals surface area contributed by atoms with Crippen molar-refractivity contribution in [2.24, 2.45) is 0 Å². The van der Waals surface area contributed by atoms with Crippen LogP contribution in [0.25, 0.3) is 11.1 Å². The molecule has 0 aliphatic carbocycles. The van der Waals surface area contributed by atoms with Gasteiger partial charge in [0.1, 0.15) is 28.9 Å². The number of hydrogen-bond donors (Lipinski definition) is 1. The van der Waals surface area contributed by atoms with Crippen molar-refractivity contribution in [2.75, 3.05) is 30.1 Å². The van der Waals surface area contributed by atoms with E-state index in [1.807, 2.05) is 39.0 Å². The van der Waals surface area contributed by atoms with Gasteiger partial charge in [-0.2, -0.15) is 8.42 Å². The second kappa shape index (κ2) is 11.1.